The Morgan fingerprint density at radius 2 is 2.14 bits per heavy atom. The number of carbonyl (C=O) groups excluding carboxylic acids is 1. The largest absolute Gasteiger partial charge is 0.350 e. The van der Waals surface area contributed by atoms with Gasteiger partial charge < -0.3 is 10.2 Å². The Hall–Kier alpha value is -1.24. The van der Waals surface area contributed by atoms with Crippen LogP contribution in [-0.2, 0) is 0 Å². The number of nitrogens with one attached hydrogen (secondary N) is 1. The lowest BCUT2D eigenvalue weighted by atomic mass is 10.3. The zero-order chi connectivity index (χ0) is 15.2. The summed E-state index contributed by atoms with van der Waals surface area (Å²) in [4.78, 5) is 20.9. The predicted molar refractivity (Wildman–Crippen MR) is 90.3 cm³/mol. The maximum Gasteiger partial charge on any atom is 0.263 e. The molecule has 2 aromatic heterocycles. The van der Waals surface area contributed by atoms with Crippen molar-refractivity contribution in [1.82, 2.24) is 15.2 Å². The van der Waals surface area contributed by atoms with E-state index >= 15 is 0 Å². The summed E-state index contributed by atoms with van der Waals surface area (Å²) in [5.41, 5.74) is 0.809. The van der Waals surface area contributed by atoms with E-state index < -0.39 is 0 Å². The van der Waals surface area contributed by atoms with E-state index in [-0.39, 0.29) is 5.91 Å². The van der Waals surface area contributed by atoms with Crippen LogP contribution in [0, 0.1) is 6.92 Å². The number of aromatic nitrogens is 1. The van der Waals surface area contributed by atoms with Crippen LogP contribution in [0.1, 0.15) is 29.2 Å². The lowest BCUT2D eigenvalue weighted by Gasteiger charge is -2.17. The summed E-state index contributed by atoms with van der Waals surface area (Å²) >= 11 is 3.12. The normalized spacial score (nSPS) is 11.0. The van der Waals surface area contributed by atoms with Crippen molar-refractivity contribution in [3.05, 3.63) is 28.1 Å². The Bertz CT molecular complexity index is 574. The second-order valence-electron chi connectivity index (χ2n) is 4.69. The number of hydrogen-bond acceptors (Lipinski definition) is 5. The molecular formula is C15H21N3OS2. The second kappa shape index (κ2) is 7.68. The molecule has 0 fully saturated rings. The van der Waals surface area contributed by atoms with Crippen LogP contribution in [-0.4, -0.2) is 42.0 Å². The minimum Gasteiger partial charge on any atom is -0.350 e. The molecule has 0 bridgehead atoms. The number of hydrogen-bond donors (Lipinski definition) is 1. The van der Waals surface area contributed by atoms with Crippen LogP contribution in [0.15, 0.2) is 17.5 Å². The van der Waals surface area contributed by atoms with E-state index in [0.29, 0.717) is 6.54 Å². The quantitative estimate of drug-likeness (QED) is 0.851. The van der Waals surface area contributed by atoms with Gasteiger partial charge in [0.15, 0.2) is 0 Å². The summed E-state index contributed by atoms with van der Waals surface area (Å²) < 4.78 is 0. The minimum atomic E-state index is -0.0139. The first-order chi connectivity index (χ1) is 10.2. The van der Waals surface area contributed by atoms with Gasteiger partial charge in [-0.1, -0.05) is 19.9 Å². The van der Waals surface area contributed by atoms with Gasteiger partial charge in [-0.05, 0) is 31.5 Å². The van der Waals surface area contributed by atoms with Crippen molar-refractivity contribution in [2.75, 3.05) is 26.2 Å². The summed E-state index contributed by atoms with van der Waals surface area (Å²) in [6.45, 7) is 9.73. The zero-order valence-corrected chi connectivity index (χ0v) is 14.3. The van der Waals surface area contributed by atoms with E-state index in [4.69, 9.17) is 0 Å². The van der Waals surface area contributed by atoms with Crippen LogP contribution >= 0.6 is 22.7 Å². The molecule has 0 aromatic carbocycles. The molecular weight excluding hydrogens is 302 g/mol. The van der Waals surface area contributed by atoms with Crippen LogP contribution in [0.3, 0.4) is 0 Å². The highest BCUT2D eigenvalue weighted by molar-refractivity contribution is 7.22. The molecule has 0 saturated carbocycles. The standard InChI is InChI=1S/C15H21N3OS2/c1-4-18(5-2)9-8-16-14(19)13-11(3)17-15(21-13)12-7-6-10-20-12/h6-7,10H,4-5,8-9H2,1-3H3,(H,16,19). The molecule has 2 aromatic rings. The van der Waals surface area contributed by atoms with Gasteiger partial charge in [-0.25, -0.2) is 4.98 Å². The molecule has 0 aliphatic rings. The van der Waals surface area contributed by atoms with Gasteiger partial charge in [0.05, 0.1) is 10.6 Å². The molecule has 0 radical (unpaired) electrons. The number of nitrogens with zero attached hydrogens (tertiary/aromatic N) is 2. The zero-order valence-electron chi connectivity index (χ0n) is 12.7. The Morgan fingerprint density at radius 1 is 1.38 bits per heavy atom. The van der Waals surface area contributed by atoms with Crippen LogP contribution in [0.25, 0.3) is 9.88 Å². The van der Waals surface area contributed by atoms with Crippen molar-refractivity contribution in [1.29, 1.82) is 0 Å². The molecule has 4 nitrogen and oxygen atoms in total. The number of thiophene rings is 1. The molecule has 114 valence electrons. The number of thiazole rings is 1. The van der Waals surface area contributed by atoms with E-state index in [2.05, 4.69) is 29.0 Å². The lowest BCUT2D eigenvalue weighted by Crippen LogP contribution is -2.34. The summed E-state index contributed by atoms with van der Waals surface area (Å²) in [6.07, 6.45) is 0. The SMILES string of the molecule is CCN(CC)CCNC(=O)c1sc(-c2cccs2)nc1C. The van der Waals surface area contributed by atoms with Gasteiger partial charge in [0.25, 0.3) is 5.91 Å². The summed E-state index contributed by atoms with van der Waals surface area (Å²) in [7, 11) is 0. The van der Waals surface area contributed by atoms with Crippen LogP contribution < -0.4 is 5.32 Å². The maximum atomic E-state index is 12.3. The van der Waals surface area contributed by atoms with E-state index in [1.807, 2.05) is 24.4 Å². The highest BCUT2D eigenvalue weighted by atomic mass is 32.1. The van der Waals surface area contributed by atoms with Gasteiger partial charge >= 0.3 is 0 Å². The predicted octanol–water partition coefficient (Wildman–Crippen LogP) is 3.25. The highest BCUT2D eigenvalue weighted by Gasteiger charge is 2.16. The Labute approximate surface area is 133 Å². The van der Waals surface area contributed by atoms with Gasteiger partial charge in [0, 0.05) is 13.1 Å². The van der Waals surface area contributed by atoms with Crippen molar-refractivity contribution in [3.63, 3.8) is 0 Å². The minimum absolute atomic E-state index is 0.0139. The molecule has 0 saturated heterocycles. The van der Waals surface area contributed by atoms with Gasteiger partial charge in [0.1, 0.15) is 9.88 Å². The molecule has 6 heteroatoms. The van der Waals surface area contributed by atoms with E-state index in [0.717, 1.165) is 40.1 Å². The van der Waals surface area contributed by atoms with Gasteiger partial charge in [-0.2, -0.15) is 0 Å². The topological polar surface area (TPSA) is 45.2 Å². The van der Waals surface area contributed by atoms with Gasteiger partial charge in [-0.3, -0.25) is 4.79 Å². The van der Waals surface area contributed by atoms with E-state index in [1.165, 1.54) is 11.3 Å². The molecule has 0 aliphatic heterocycles. The molecule has 0 atom stereocenters. The number of amides is 1. The average Bonchev–Trinajstić information content (AvgIpc) is 3.12. The Balaban J connectivity index is 1.97. The molecule has 1 N–H and O–H groups in total. The van der Waals surface area contributed by atoms with Crippen molar-refractivity contribution in [2.24, 2.45) is 0 Å². The Morgan fingerprint density at radius 3 is 2.76 bits per heavy atom. The van der Waals surface area contributed by atoms with E-state index in [9.17, 15) is 4.79 Å². The summed E-state index contributed by atoms with van der Waals surface area (Å²) in [5, 5.41) is 5.94. The van der Waals surface area contributed by atoms with Crippen LogP contribution in [0.4, 0.5) is 0 Å². The van der Waals surface area contributed by atoms with Crippen molar-refractivity contribution < 1.29 is 4.79 Å². The maximum absolute atomic E-state index is 12.3. The van der Waals surface area contributed by atoms with Crippen LogP contribution in [0.2, 0.25) is 0 Å². The fourth-order valence-corrected chi connectivity index (χ4v) is 3.84. The molecule has 21 heavy (non-hydrogen) atoms. The fraction of sp³-hybridized carbons (Fsp3) is 0.467. The van der Waals surface area contributed by atoms with Gasteiger partial charge in [-0.15, -0.1) is 22.7 Å². The monoisotopic (exact) mass is 323 g/mol. The van der Waals surface area contributed by atoms with Gasteiger partial charge in [0.2, 0.25) is 0 Å². The molecule has 0 unspecified atom stereocenters. The molecule has 1 amide bonds. The fourth-order valence-electron chi connectivity index (χ4n) is 2.06. The number of carbonyl (C=O) groups is 1. The highest BCUT2D eigenvalue weighted by Crippen LogP contribution is 2.30. The first-order valence-corrected chi connectivity index (χ1v) is 8.87. The third-order valence-corrected chi connectivity index (χ3v) is 5.54. The lowest BCUT2D eigenvalue weighted by molar-refractivity contribution is 0.0952. The molecule has 0 spiro atoms. The first kappa shape index (κ1) is 16.1. The number of rotatable bonds is 7. The van der Waals surface area contributed by atoms with Crippen molar-refractivity contribution >= 4 is 28.6 Å². The van der Waals surface area contributed by atoms with Crippen LogP contribution in [0.5, 0.6) is 0 Å². The molecule has 2 heterocycles. The molecule has 0 aliphatic carbocycles. The third kappa shape index (κ3) is 4.12. The number of aryl methyl sites for hydroxylation is 1. The Kier molecular flexibility index (Phi) is 5.90. The smallest absolute Gasteiger partial charge is 0.263 e. The third-order valence-electron chi connectivity index (χ3n) is 3.34. The number of likely N-dealkylation sites (N-methyl/N-ethyl adjacent to an activating group) is 1. The van der Waals surface area contributed by atoms with Crippen molar-refractivity contribution in [3.8, 4) is 9.88 Å². The van der Waals surface area contributed by atoms with Crippen molar-refractivity contribution in [2.45, 2.75) is 20.8 Å². The summed E-state index contributed by atoms with van der Waals surface area (Å²) in [6, 6.07) is 4.03. The van der Waals surface area contributed by atoms with E-state index in [1.54, 1.807) is 11.3 Å². The second-order valence-corrected chi connectivity index (χ2v) is 6.64. The first-order valence-electron chi connectivity index (χ1n) is 7.17. The molecule has 2 rings (SSSR count). The average molecular weight is 323 g/mol. The summed E-state index contributed by atoms with van der Waals surface area (Å²) in [5.74, 6) is -0.0139.